The Morgan fingerprint density at radius 3 is 2.80 bits per heavy atom. The summed E-state index contributed by atoms with van der Waals surface area (Å²) in [5.74, 6) is 0. The highest BCUT2D eigenvalue weighted by atomic mass is 127. The second-order valence-electron chi connectivity index (χ2n) is 2.91. The van der Waals surface area contributed by atoms with Crippen molar-refractivity contribution < 1.29 is 4.92 Å². The minimum atomic E-state index is -0.413. The van der Waals surface area contributed by atoms with E-state index < -0.39 is 4.92 Å². The molecule has 0 saturated carbocycles. The Hall–Kier alpha value is -0.760. The molecule has 2 rings (SSSR count). The zero-order valence-corrected chi connectivity index (χ0v) is 11.0. The van der Waals surface area contributed by atoms with Crippen LogP contribution >= 0.6 is 38.5 Å². The second kappa shape index (κ2) is 4.01. The second-order valence-corrected chi connectivity index (χ2v) is 5.01. The highest BCUT2D eigenvalue weighted by molar-refractivity contribution is 14.1. The summed E-state index contributed by atoms with van der Waals surface area (Å²) < 4.78 is 1.59. The van der Waals surface area contributed by atoms with Crippen LogP contribution in [0.25, 0.3) is 10.9 Å². The number of non-ortho nitro benzene ring substituents is 1. The molecule has 15 heavy (non-hydrogen) atoms. The van der Waals surface area contributed by atoms with E-state index in [0.29, 0.717) is 4.47 Å². The van der Waals surface area contributed by atoms with Crippen molar-refractivity contribution in [2.75, 3.05) is 0 Å². The molecule has 6 heteroatoms. The van der Waals surface area contributed by atoms with Crippen LogP contribution in [0.1, 0.15) is 0 Å². The number of hydrogen-bond acceptors (Lipinski definition) is 3. The van der Waals surface area contributed by atoms with Crippen molar-refractivity contribution in [2.45, 2.75) is 0 Å². The van der Waals surface area contributed by atoms with Gasteiger partial charge in [-0.2, -0.15) is 0 Å². The van der Waals surface area contributed by atoms with Crippen LogP contribution in [0.4, 0.5) is 5.69 Å². The number of nitrogens with zero attached hydrogens (tertiary/aromatic N) is 2. The maximum absolute atomic E-state index is 10.6. The summed E-state index contributed by atoms with van der Waals surface area (Å²) in [5.41, 5.74) is 0.805. The Balaban J connectivity index is 2.79. The number of benzene rings is 1. The molecule has 0 unspecified atom stereocenters. The molecule has 0 aliphatic carbocycles. The van der Waals surface area contributed by atoms with Crippen molar-refractivity contribution in [1.29, 1.82) is 0 Å². The van der Waals surface area contributed by atoms with E-state index >= 15 is 0 Å². The highest BCUT2D eigenvalue weighted by Crippen LogP contribution is 2.28. The van der Waals surface area contributed by atoms with Crippen LogP contribution in [0, 0.1) is 13.7 Å². The lowest BCUT2D eigenvalue weighted by Crippen LogP contribution is -1.90. The Morgan fingerprint density at radius 1 is 1.40 bits per heavy atom. The Morgan fingerprint density at radius 2 is 2.13 bits per heavy atom. The lowest BCUT2D eigenvalue weighted by atomic mass is 10.2. The van der Waals surface area contributed by atoms with Crippen LogP contribution in [0.5, 0.6) is 0 Å². The van der Waals surface area contributed by atoms with Gasteiger partial charge in [0, 0.05) is 27.3 Å². The van der Waals surface area contributed by atoms with Crippen molar-refractivity contribution in [2.24, 2.45) is 0 Å². The van der Waals surface area contributed by atoms with E-state index in [1.807, 2.05) is 6.07 Å². The number of halogens is 2. The number of fused-ring (bicyclic) bond motifs is 1. The Bertz CT molecular complexity index is 559. The first-order chi connectivity index (χ1) is 7.08. The third kappa shape index (κ3) is 2.10. The zero-order chi connectivity index (χ0) is 11.0. The van der Waals surface area contributed by atoms with Gasteiger partial charge in [-0.05, 0) is 44.6 Å². The molecule has 0 saturated heterocycles. The first-order valence-electron chi connectivity index (χ1n) is 3.97. The van der Waals surface area contributed by atoms with Crippen LogP contribution in [0.2, 0.25) is 0 Å². The molecule has 0 N–H and O–H groups in total. The van der Waals surface area contributed by atoms with Crippen molar-refractivity contribution in [1.82, 2.24) is 4.98 Å². The number of nitro groups is 1. The number of pyridine rings is 1. The maximum Gasteiger partial charge on any atom is 0.271 e. The predicted molar refractivity (Wildman–Crippen MR) is 68.8 cm³/mol. The fraction of sp³-hybridized carbons (Fsp3) is 0. The van der Waals surface area contributed by atoms with E-state index in [0.717, 1.165) is 14.5 Å². The summed E-state index contributed by atoms with van der Waals surface area (Å²) in [6.45, 7) is 0. The van der Waals surface area contributed by atoms with E-state index in [1.165, 1.54) is 12.1 Å². The van der Waals surface area contributed by atoms with Crippen LogP contribution in [-0.4, -0.2) is 9.91 Å². The lowest BCUT2D eigenvalue weighted by molar-refractivity contribution is -0.384. The topological polar surface area (TPSA) is 56.0 Å². The van der Waals surface area contributed by atoms with Gasteiger partial charge in [0.25, 0.3) is 5.69 Å². The average Bonchev–Trinajstić information content (AvgIpc) is 2.16. The molecule has 4 nitrogen and oxygen atoms in total. The van der Waals surface area contributed by atoms with Crippen molar-refractivity contribution in [3.63, 3.8) is 0 Å². The molecule has 0 aliphatic rings. The van der Waals surface area contributed by atoms with E-state index in [2.05, 4.69) is 43.5 Å². The van der Waals surface area contributed by atoms with Gasteiger partial charge in [0.05, 0.1) is 14.9 Å². The summed E-state index contributed by atoms with van der Waals surface area (Å²) in [7, 11) is 0. The monoisotopic (exact) mass is 378 g/mol. The third-order valence-electron chi connectivity index (χ3n) is 1.90. The van der Waals surface area contributed by atoms with E-state index in [4.69, 9.17) is 0 Å². The van der Waals surface area contributed by atoms with Crippen LogP contribution in [0.15, 0.2) is 28.9 Å². The van der Waals surface area contributed by atoms with E-state index in [1.54, 1.807) is 6.20 Å². The fourth-order valence-electron chi connectivity index (χ4n) is 1.27. The number of nitro benzene ring substituents is 1. The van der Waals surface area contributed by atoms with Crippen molar-refractivity contribution in [3.8, 4) is 0 Å². The molecule has 1 aromatic heterocycles. The number of aromatic nitrogens is 1. The molecule has 0 fully saturated rings. The van der Waals surface area contributed by atoms with Crippen LogP contribution in [0.3, 0.4) is 0 Å². The molecule has 76 valence electrons. The normalized spacial score (nSPS) is 10.5. The first kappa shape index (κ1) is 10.7. The molecule has 0 aliphatic heterocycles. The minimum Gasteiger partial charge on any atom is -0.258 e. The van der Waals surface area contributed by atoms with Crippen LogP contribution < -0.4 is 0 Å². The summed E-state index contributed by atoms with van der Waals surface area (Å²) >= 11 is 5.39. The third-order valence-corrected chi connectivity index (χ3v) is 3.09. The number of hydrogen-bond donors (Lipinski definition) is 0. The van der Waals surface area contributed by atoms with Gasteiger partial charge < -0.3 is 0 Å². The summed E-state index contributed by atoms with van der Waals surface area (Å²) in [6.07, 6.45) is 1.72. The van der Waals surface area contributed by atoms with Gasteiger partial charge >= 0.3 is 0 Å². The molecule has 1 aromatic carbocycles. The molecule has 0 bridgehead atoms. The van der Waals surface area contributed by atoms with Crippen LogP contribution in [-0.2, 0) is 0 Å². The van der Waals surface area contributed by atoms with E-state index in [-0.39, 0.29) is 5.69 Å². The smallest absolute Gasteiger partial charge is 0.258 e. The van der Waals surface area contributed by atoms with E-state index in [9.17, 15) is 10.1 Å². The quantitative estimate of drug-likeness (QED) is 0.433. The van der Waals surface area contributed by atoms with Gasteiger partial charge in [0.15, 0.2) is 0 Å². The maximum atomic E-state index is 10.6. The first-order valence-corrected chi connectivity index (χ1v) is 5.84. The summed E-state index contributed by atoms with van der Waals surface area (Å²) in [5, 5.41) is 11.4. The SMILES string of the molecule is O=[N+]([O-])c1cc(Br)c2ncc(I)cc2c1. The molecule has 0 radical (unpaired) electrons. The zero-order valence-electron chi connectivity index (χ0n) is 7.28. The molecule has 0 spiro atoms. The molecule has 2 aromatic rings. The van der Waals surface area contributed by atoms with Crippen molar-refractivity contribution in [3.05, 3.63) is 42.6 Å². The number of rotatable bonds is 1. The largest absolute Gasteiger partial charge is 0.271 e. The predicted octanol–water partition coefficient (Wildman–Crippen LogP) is 3.51. The van der Waals surface area contributed by atoms with Crippen molar-refractivity contribution >= 4 is 55.1 Å². The minimum absolute atomic E-state index is 0.0678. The molecule has 0 amide bonds. The standard InChI is InChI=1S/C9H4BrIN2O2/c10-8-3-7(13(14)15)2-5-1-6(11)4-12-9(5)8/h1-4H. The van der Waals surface area contributed by atoms with Gasteiger partial charge in [-0.3, -0.25) is 15.1 Å². The van der Waals surface area contributed by atoms with Gasteiger partial charge in [0.1, 0.15) is 0 Å². The molecule has 0 atom stereocenters. The summed E-state index contributed by atoms with van der Waals surface area (Å²) in [4.78, 5) is 14.4. The van der Waals surface area contributed by atoms with Gasteiger partial charge in [0.2, 0.25) is 0 Å². The Kier molecular flexibility index (Phi) is 2.87. The molecular weight excluding hydrogens is 375 g/mol. The highest BCUT2D eigenvalue weighted by Gasteiger charge is 2.10. The Labute approximate surface area is 107 Å². The van der Waals surface area contributed by atoms with Gasteiger partial charge in [-0.25, -0.2) is 0 Å². The van der Waals surface area contributed by atoms with Gasteiger partial charge in [-0.1, -0.05) is 0 Å². The average molecular weight is 379 g/mol. The molecular formula is C9H4BrIN2O2. The fourth-order valence-corrected chi connectivity index (χ4v) is 2.31. The molecule has 1 heterocycles. The van der Waals surface area contributed by atoms with Gasteiger partial charge in [-0.15, -0.1) is 0 Å². The lowest BCUT2D eigenvalue weighted by Gasteiger charge is -2.00. The summed E-state index contributed by atoms with van der Waals surface area (Å²) in [6, 6.07) is 4.85.